The lowest BCUT2D eigenvalue weighted by molar-refractivity contribution is 0.0236. The molecule has 1 aromatic heterocycles. The summed E-state index contributed by atoms with van der Waals surface area (Å²) >= 11 is 0. The Kier molecular flexibility index (Phi) is 9.06. The van der Waals surface area contributed by atoms with E-state index in [1.807, 2.05) is 75.4 Å². The van der Waals surface area contributed by atoms with Crippen molar-refractivity contribution in [1.82, 2.24) is 9.88 Å². The predicted octanol–water partition coefficient (Wildman–Crippen LogP) is 6.61. The van der Waals surface area contributed by atoms with Gasteiger partial charge < -0.3 is 15.0 Å². The summed E-state index contributed by atoms with van der Waals surface area (Å²) in [6.45, 7) is 6.58. The fourth-order valence-electron chi connectivity index (χ4n) is 3.89. The van der Waals surface area contributed by atoms with E-state index < -0.39 is 15.6 Å². The monoisotopic (exact) mass is 558 g/mol. The van der Waals surface area contributed by atoms with Crippen molar-refractivity contribution in [2.75, 3.05) is 16.6 Å². The van der Waals surface area contributed by atoms with Gasteiger partial charge in [-0.1, -0.05) is 48.5 Å². The lowest BCUT2D eigenvalue weighted by Gasteiger charge is -2.27. The highest BCUT2D eigenvalue weighted by molar-refractivity contribution is 7.92. The second kappa shape index (κ2) is 12.7. The van der Waals surface area contributed by atoms with E-state index in [0.29, 0.717) is 19.5 Å². The van der Waals surface area contributed by atoms with Crippen LogP contribution in [0.15, 0.2) is 108 Å². The van der Waals surface area contributed by atoms with Crippen LogP contribution in [0.5, 0.6) is 0 Å². The van der Waals surface area contributed by atoms with E-state index in [1.165, 1.54) is 6.20 Å². The van der Waals surface area contributed by atoms with Crippen LogP contribution in [-0.4, -0.2) is 36.5 Å². The van der Waals surface area contributed by atoms with E-state index in [1.54, 1.807) is 47.4 Å². The maximum atomic E-state index is 12.9. The Morgan fingerprint density at radius 2 is 1.45 bits per heavy atom. The number of pyridine rings is 1. The third kappa shape index (κ3) is 8.57. The first-order chi connectivity index (χ1) is 19.1. The normalized spacial score (nSPS) is 11.5. The number of anilines is 3. The van der Waals surface area contributed by atoms with Gasteiger partial charge >= 0.3 is 6.09 Å². The minimum Gasteiger partial charge on any atom is -0.444 e. The zero-order valence-electron chi connectivity index (χ0n) is 22.9. The number of carbonyl (C=O) groups excluding carboxylic acids is 1. The number of amides is 1. The molecule has 208 valence electrons. The van der Waals surface area contributed by atoms with Gasteiger partial charge in [-0.05, 0) is 86.8 Å². The zero-order valence-corrected chi connectivity index (χ0v) is 23.7. The quantitative estimate of drug-likeness (QED) is 0.227. The molecule has 4 aromatic rings. The summed E-state index contributed by atoms with van der Waals surface area (Å²) in [6, 6.07) is 29.3. The molecule has 0 aliphatic heterocycles. The van der Waals surface area contributed by atoms with E-state index in [4.69, 9.17) is 4.74 Å². The largest absolute Gasteiger partial charge is 0.444 e. The van der Waals surface area contributed by atoms with Crippen LogP contribution in [-0.2, 0) is 27.7 Å². The minimum absolute atomic E-state index is 0.143. The van der Waals surface area contributed by atoms with Gasteiger partial charge in [-0.3, -0.25) is 4.72 Å². The van der Waals surface area contributed by atoms with Crippen molar-refractivity contribution in [3.63, 3.8) is 0 Å². The smallest absolute Gasteiger partial charge is 0.410 e. The summed E-state index contributed by atoms with van der Waals surface area (Å²) in [7, 11) is -3.74. The van der Waals surface area contributed by atoms with Gasteiger partial charge in [0, 0.05) is 30.7 Å². The molecule has 0 radical (unpaired) electrons. The summed E-state index contributed by atoms with van der Waals surface area (Å²) in [4.78, 5) is 18.7. The van der Waals surface area contributed by atoms with E-state index in [0.717, 1.165) is 22.5 Å². The van der Waals surface area contributed by atoms with E-state index in [-0.39, 0.29) is 16.8 Å². The van der Waals surface area contributed by atoms with Crippen LogP contribution in [0.1, 0.15) is 31.9 Å². The van der Waals surface area contributed by atoms with Gasteiger partial charge in [0.1, 0.15) is 11.4 Å². The SMILES string of the molecule is CC(C)(C)OC(=O)N(CCc1ccc(Nc2ccc(S(=O)(=O)Nc3ccccn3)cc2)cc1)Cc1ccccc1. The third-order valence-electron chi connectivity index (χ3n) is 5.85. The number of nitrogens with zero attached hydrogens (tertiary/aromatic N) is 2. The number of sulfonamides is 1. The van der Waals surface area contributed by atoms with Crippen molar-refractivity contribution < 1.29 is 17.9 Å². The van der Waals surface area contributed by atoms with Crippen molar-refractivity contribution >= 4 is 33.3 Å². The molecule has 8 nitrogen and oxygen atoms in total. The standard InChI is InChI=1S/C31H34N4O4S/c1-31(2,3)39-30(36)35(23-25-9-5-4-6-10-25)22-20-24-12-14-26(15-13-24)33-27-16-18-28(19-17-27)40(37,38)34-29-11-7-8-21-32-29/h4-19,21,33H,20,22-23H2,1-3H3,(H,32,34). The van der Waals surface area contributed by atoms with Gasteiger partial charge in [-0.25, -0.2) is 18.2 Å². The molecule has 2 N–H and O–H groups in total. The van der Waals surface area contributed by atoms with Gasteiger partial charge in [-0.15, -0.1) is 0 Å². The van der Waals surface area contributed by atoms with Crippen molar-refractivity contribution in [2.45, 2.75) is 44.2 Å². The van der Waals surface area contributed by atoms with Gasteiger partial charge in [0.2, 0.25) is 0 Å². The van der Waals surface area contributed by atoms with Crippen LogP contribution < -0.4 is 10.0 Å². The maximum Gasteiger partial charge on any atom is 0.410 e. The topological polar surface area (TPSA) is 101 Å². The van der Waals surface area contributed by atoms with Crippen molar-refractivity contribution in [1.29, 1.82) is 0 Å². The summed E-state index contributed by atoms with van der Waals surface area (Å²) in [6.07, 6.45) is 1.86. The van der Waals surface area contributed by atoms with E-state index >= 15 is 0 Å². The molecule has 0 aliphatic carbocycles. The van der Waals surface area contributed by atoms with Gasteiger partial charge in [0.15, 0.2) is 0 Å². The van der Waals surface area contributed by atoms with Crippen molar-refractivity contribution in [2.24, 2.45) is 0 Å². The summed E-state index contributed by atoms with van der Waals surface area (Å²) in [5, 5.41) is 3.29. The first-order valence-corrected chi connectivity index (χ1v) is 14.5. The van der Waals surface area contributed by atoms with Crippen molar-refractivity contribution in [3.05, 3.63) is 114 Å². The van der Waals surface area contributed by atoms with Crippen LogP contribution >= 0.6 is 0 Å². The van der Waals surface area contributed by atoms with Gasteiger partial charge in [0.25, 0.3) is 10.0 Å². The molecule has 0 saturated carbocycles. The Morgan fingerprint density at radius 3 is 2.05 bits per heavy atom. The average molecular weight is 559 g/mol. The third-order valence-corrected chi connectivity index (χ3v) is 7.22. The van der Waals surface area contributed by atoms with Gasteiger partial charge in [0.05, 0.1) is 4.90 Å². The number of hydrogen-bond donors (Lipinski definition) is 2. The molecule has 1 heterocycles. The molecule has 4 rings (SSSR count). The first-order valence-electron chi connectivity index (χ1n) is 13.0. The minimum atomic E-state index is -3.74. The zero-order chi connectivity index (χ0) is 28.6. The number of nitrogens with one attached hydrogen (secondary N) is 2. The number of ether oxygens (including phenoxy) is 1. The highest BCUT2D eigenvalue weighted by atomic mass is 32.2. The summed E-state index contributed by atoms with van der Waals surface area (Å²) in [5.41, 5.74) is 3.16. The van der Waals surface area contributed by atoms with Crippen LogP contribution in [0.4, 0.5) is 22.0 Å². The molecular formula is C31H34N4O4S. The maximum absolute atomic E-state index is 12.9. The fourth-order valence-corrected chi connectivity index (χ4v) is 4.90. The number of rotatable bonds is 10. The summed E-state index contributed by atoms with van der Waals surface area (Å²) in [5.74, 6) is 0.263. The number of aromatic nitrogens is 1. The molecule has 0 bridgehead atoms. The molecule has 0 aliphatic rings. The van der Waals surface area contributed by atoms with E-state index in [9.17, 15) is 13.2 Å². The molecular weight excluding hydrogens is 524 g/mol. The number of hydrogen-bond acceptors (Lipinski definition) is 6. The molecule has 0 saturated heterocycles. The van der Waals surface area contributed by atoms with Crippen LogP contribution in [0.2, 0.25) is 0 Å². The van der Waals surface area contributed by atoms with Gasteiger partial charge in [-0.2, -0.15) is 0 Å². The van der Waals surface area contributed by atoms with Crippen LogP contribution in [0, 0.1) is 0 Å². The molecule has 3 aromatic carbocycles. The molecule has 1 amide bonds. The Morgan fingerprint density at radius 1 is 0.825 bits per heavy atom. The Bertz CT molecular complexity index is 1490. The molecule has 0 spiro atoms. The number of benzene rings is 3. The Balaban J connectivity index is 1.36. The molecule has 9 heteroatoms. The Hall–Kier alpha value is -4.37. The molecule has 0 atom stereocenters. The van der Waals surface area contributed by atoms with E-state index in [2.05, 4.69) is 15.0 Å². The average Bonchev–Trinajstić information content (AvgIpc) is 2.92. The Labute approximate surface area is 236 Å². The molecule has 40 heavy (non-hydrogen) atoms. The van der Waals surface area contributed by atoms with Crippen LogP contribution in [0.25, 0.3) is 0 Å². The predicted molar refractivity (Wildman–Crippen MR) is 158 cm³/mol. The van der Waals surface area contributed by atoms with Crippen molar-refractivity contribution in [3.8, 4) is 0 Å². The molecule has 0 unspecified atom stereocenters. The second-order valence-electron chi connectivity index (χ2n) is 10.3. The second-order valence-corrected chi connectivity index (χ2v) is 12.0. The first kappa shape index (κ1) is 28.6. The highest BCUT2D eigenvalue weighted by Crippen LogP contribution is 2.21. The highest BCUT2D eigenvalue weighted by Gasteiger charge is 2.22. The molecule has 0 fully saturated rings. The number of carbonyl (C=O) groups is 1. The fraction of sp³-hybridized carbons (Fsp3) is 0.226. The lowest BCUT2D eigenvalue weighted by Crippen LogP contribution is -2.37. The summed E-state index contributed by atoms with van der Waals surface area (Å²) < 4.78 is 33.4. The lowest BCUT2D eigenvalue weighted by atomic mass is 10.1. The van der Waals surface area contributed by atoms with Crippen LogP contribution in [0.3, 0.4) is 0 Å².